The molecule has 0 spiro atoms. The summed E-state index contributed by atoms with van der Waals surface area (Å²) in [5.41, 5.74) is 1.18. The minimum atomic E-state index is -4.35. The highest BCUT2D eigenvalue weighted by Crippen LogP contribution is 2.31. The highest BCUT2D eigenvalue weighted by atomic mass is 19.4. The second kappa shape index (κ2) is 11.7. The minimum absolute atomic E-state index is 0.00530. The molecule has 1 aromatic heterocycles. The van der Waals surface area contributed by atoms with Crippen LogP contribution in [0.4, 0.5) is 13.2 Å². The summed E-state index contributed by atoms with van der Waals surface area (Å²) in [5.74, 6) is 1.59. The average Bonchev–Trinajstić information content (AvgIpc) is 3.34. The Morgan fingerprint density at radius 1 is 1.03 bits per heavy atom. The van der Waals surface area contributed by atoms with Gasteiger partial charge in [-0.3, -0.25) is 4.79 Å². The summed E-state index contributed by atoms with van der Waals surface area (Å²) in [4.78, 5) is 19.6. The van der Waals surface area contributed by atoms with E-state index in [-0.39, 0.29) is 23.8 Å². The quantitative estimate of drug-likeness (QED) is 0.376. The van der Waals surface area contributed by atoms with Crippen molar-refractivity contribution >= 4 is 5.91 Å². The Hall–Kier alpha value is -3.20. The lowest BCUT2D eigenvalue weighted by Gasteiger charge is -2.32. The lowest BCUT2D eigenvalue weighted by atomic mass is 9.84. The summed E-state index contributed by atoms with van der Waals surface area (Å²) in [6, 6.07) is 15.2. The smallest absolute Gasteiger partial charge is 0.349 e. The minimum Gasteiger partial charge on any atom is -0.349 e. The molecular formula is C29H33F3N4O2. The van der Waals surface area contributed by atoms with Crippen LogP contribution in [-0.2, 0) is 17.4 Å². The molecule has 1 N–H and O–H groups in total. The zero-order valence-electron chi connectivity index (χ0n) is 21.3. The molecule has 1 saturated heterocycles. The Bertz CT molecular complexity index is 1180. The van der Waals surface area contributed by atoms with E-state index in [4.69, 9.17) is 4.52 Å². The van der Waals surface area contributed by atoms with Gasteiger partial charge in [-0.1, -0.05) is 54.0 Å². The Balaban J connectivity index is 1.11. The van der Waals surface area contributed by atoms with E-state index >= 15 is 0 Å². The number of carbonyl (C=O) groups excluding carboxylic acids is 1. The van der Waals surface area contributed by atoms with Crippen molar-refractivity contribution in [1.29, 1.82) is 0 Å². The van der Waals surface area contributed by atoms with Crippen LogP contribution in [0.1, 0.15) is 78.9 Å². The van der Waals surface area contributed by atoms with Gasteiger partial charge in [0, 0.05) is 24.8 Å². The molecule has 5 rings (SSSR count). The summed E-state index contributed by atoms with van der Waals surface area (Å²) in [6.45, 7) is 2.69. The predicted molar refractivity (Wildman–Crippen MR) is 136 cm³/mol. The predicted octanol–water partition coefficient (Wildman–Crippen LogP) is 5.91. The number of nitrogens with zero attached hydrogens (tertiary/aromatic N) is 3. The maximum Gasteiger partial charge on any atom is 0.416 e. The Labute approximate surface area is 220 Å². The SMILES string of the molecule is O=C(N[C@@H](CCN1CCC(c2nc(Cc3ccc(C(F)(F)F)cc3)no2)CC1)c1ccccc1)C1CCC1. The number of hydrogen-bond donors (Lipinski definition) is 1. The zero-order chi connectivity index (χ0) is 26.5. The molecule has 2 aromatic carbocycles. The van der Waals surface area contributed by atoms with Crippen LogP contribution in [0.25, 0.3) is 0 Å². The number of hydrogen-bond acceptors (Lipinski definition) is 5. The summed E-state index contributed by atoms with van der Waals surface area (Å²) in [7, 11) is 0. The van der Waals surface area contributed by atoms with Crippen LogP contribution in [-0.4, -0.2) is 40.6 Å². The molecule has 2 fully saturated rings. The number of halogens is 3. The van der Waals surface area contributed by atoms with E-state index in [0.717, 1.165) is 75.9 Å². The van der Waals surface area contributed by atoms with Crippen molar-refractivity contribution in [1.82, 2.24) is 20.4 Å². The first-order chi connectivity index (χ1) is 18.3. The van der Waals surface area contributed by atoms with Crippen molar-refractivity contribution in [3.05, 3.63) is 83.0 Å². The van der Waals surface area contributed by atoms with Crippen LogP contribution in [0.5, 0.6) is 0 Å². The van der Waals surface area contributed by atoms with E-state index in [1.165, 1.54) is 12.1 Å². The van der Waals surface area contributed by atoms with Crippen LogP contribution in [0.15, 0.2) is 59.1 Å². The lowest BCUT2D eigenvalue weighted by molar-refractivity contribution is -0.137. The van der Waals surface area contributed by atoms with E-state index in [1.54, 1.807) is 0 Å². The van der Waals surface area contributed by atoms with Gasteiger partial charge in [-0.25, -0.2) is 0 Å². The number of carbonyl (C=O) groups is 1. The van der Waals surface area contributed by atoms with Crippen molar-refractivity contribution in [2.24, 2.45) is 5.92 Å². The molecule has 1 saturated carbocycles. The first-order valence-electron chi connectivity index (χ1n) is 13.4. The van der Waals surface area contributed by atoms with Crippen molar-refractivity contribution in [2.75, 3.05) is 19.6 Å². The van der Waals surface area contributed by atoms with Gasteiger partial charge in [0.1, 0.15) is 0 Å². The molecule has 0 bridgehead atoms. The molecule has 0 unspecified atom stereocenters. The van der Waals surface area contributed by atoms with Gasteiger partial charge in [0.2, 0.25) is 11.8 Å². The molecule has 6 nitrogen and oxygen atoms in total. The van der Waals surface area contributed by atoms with Gasteiger partial charge in [-0.15, -0.1) is 0 Å². The lowest BCUT2D eigenvalue weighted by Crippen LogP contribution is -2.39. The fourth-order valence-corrected chi connectivity index (χ4v) is 5.18. The normalized spacial score (nSPS) is 18.2. The molecule has 9 heteroatoms. The molecule has 1 aliphatic carbocycles. The maximum absolute atomic E-state index is 12.8. The van der Waals surface area contributed by atoms with Gasteiger partial charge in [0.05, 0.1) is 11.6 Å². The summed E-state index contributed by atoms with van der Waals surface area (Å²) >= 11 is 0. The van der Waals surface area contributed by atoms with Gasteiger partial charge < -0.3 is 14.7 Å². The standard InChI is InChI=1S/C29H33F3N4O2/c30-29(31,32)24-11-9-20(10-12-24)19-26-34-28(38-35-26)23-13-16-36(17-14-23)18-15-25(21-5-2-1-3-6-21)33-27(37)22-7-4-8-22/h1-3,5-6,9-12,22-23,25H,4,7-8,13-19H2,(H,33,37)/t25-/m0/s1. The second-order valence-corrected chi connectivity index (χ2v) is 10.4. The first kappa shape index (κ1) is 26.4. The molecular weight excluding hydrogens is 493 g/mol. The number of benzene rings is 2. The van der Waals surface area contributed by atoms with Gasteiger partial charge in [0.25, 0.3) is 0 Å². The van der Waals surface area contributed by atoms with Crippen LogP contribution in [0.2, 0.25) is 0 Å². The van der Waals surface area contributed by atoms with Crippen molar-refractivity contribution < 1.29 is 22.5 Å². The van der Waals surface area contributed by atoms with E-state index in [0.29, 0.717) is 23.7 Å². The van der Waals surface area contributed by atoms with Gasteiger partial charge >= 0.3 is 6.18 Å². The van der Waals surface area contributed by atoms with Crippen LogP contribution >= 0.6 is 0 Å². The van der Waals surface area contributed by atoms with E-state index in [9.17, 15) is 18.0 Å². The van der Waals surface area contributed by atoms with Gasteiger partial charge in [-0.2, -0.15) is 18.2 Å². The highest BCUT2D eigenvalue weighted by molar-refractivity contribution is 5.79. The molecule has 1 aliphatic heterocycles. The molecule has 3 aromatic rings. The Kier molecular flexibility index (Phi) is 8.12. The van der Waals surface area contributed by atoms with Crippen molar-refractivity contribution in [3.8, 4) is 0 Å². The first-order valence-corrected chi connectivity index (χ1v) is 13.4. The molecule has 202 valence electrons. The molecule has 0 radical (unpaired) electrons. The molecule has 1 amide bonds. The maximum atomic E-state index is 12.8. The molecule has 2 heterocycles. The monoisotopic (exact) mass is 526 g/mol. The number of nitrogens with one attached hydrogen (secondary N) is 1. The third-order valence-electron chi connectivity index (χ3n) is 7.79. The second-order valence-electron chi connectivity index (χ2n) is 10.4. The Morgan fingerprint density at radius 3 is 2.37 bits per heavy atom. The number of alkyl halides is 3. The van der Waals surface area contributed by atoms with E-state index < -0.39 is 11.7 Å². The summed E-state index contributed by atoms with van der Waals surface area (Å²) in [6.07, 6.45) is 1.74. The number of likely N-dealkylation sites (tertiary alicyclic amines) is 1. The van der Waals surface area contributed by atoms with E-state index in [2.05, 4.69) is 32.5 Å². The average molecular weight is 527 g/mol. The molecule has 38 heavy (non-hydrogen) atoms. The Morgan fingerprint density at radius 2 is 1.74 bits per heavy atom. The van der Waals surface area contributed by atoms with Crippen molar-refractivity contribution in [3.63, 3.8) is 0 Å². The number of amides is 1. The van der Waals surface area contributed by atoms with Crippen molar-refractivity contribution in [2.45, 2.75) is 63.1 Å². The number of piperidine rings is 1. The molecule has 2 aliphatic rings. The molecule has 1 atom stereocenters. The summed E-state index contributed by atoms with van der Waals surface area (Å²) in [5, 5.41) is 7.35. The van der Waals surface area contributed by atoms with Crippen LogP contribution < -0.4 is 5.32 Å². The van der Waals surface area contributed by atoms with E-state index in [1.807, 2.05) is 18.2 Å². The zero-order valence-corrected chi connectivity index (χ0v) is 21.3. The largest absolute Gasteiger partial charge is 0.416 e. The van der Waals surface area contributed by atoms with Gasteiger partial charge in [-0.05, 0) is 68.5 Å². The highest BCUT2D eigenvalue weighted by Gasteiger charge is 2.31. The topological polar surface area (TPSA) is 71.3 Å². The van der Waals surface area contributed by atoms with Crippen LogP contribution in [0.3, 0.4) is 0 Å². The third kappa shape index (κ3) is 6.62. The fourth-order valence-electron chi connectivity index (χ4n) is 5.18. The fraction of sp³-hybridized carbons (Fsp3) is 0.483. The van der Waals surface area contributed by atoms with Gasteiger partial charge in [0.15, 0.2) is 5.82 Å². The summed E-state index contributed by atoms with van der Waals surface area (Å²) < 4.78 is 43.9. The third-order valence-corrected chi connectivity index (χ3v) is 7.79. The van der Waals surface area contributed by atoms with Crippen LogP contribution in [0, 0.1) is 5.92 Å². The number of aromatic nitrogens is 2. The number of rotatable bonds is 9.